The van der Waals surface area contributed by atoms with E-state index in [1.807, 2.05) is 0 Å². The zero-order chi connectivity index (χ0) is 15.5. The van der Waals surface area contributed by atoms with Crippen LogP contribution in [0.1, 0.15) is 0 Å². The van der Waals surface area contributed by atoms with Crippen molar-refractivity contribution in [2.24, 2.45) is 0 Å². The van der Waals surface area contributed by atoms with E-state index < -0.39 is 7.53 Å². The van der Waals surface area contributed by atoms with Gasteiger partial charge >= 0.3 is 0 Å². The molecule has 0 radical (unpaired) electrons. The van der Waals surface area contributed by atoms with E-state index in [1.165, 1.54) is 27.0 Å². The van der Waals surface area contributed by atoms with Crippen LogP contribution in [0, 0.1) is 0 Å². The molecule has 0 aliphatic rings. The highest BCUT2D eigenvalue weighted by Gasteiger charge is 2.14. The summed E-state index contributed by atoms with van der Waals surface area (Å²) in [7, 11) is -0.497. The molecule has 1 heteroatoms. The lowest BCUT2D eigenvalue weighted by atomic mass is 10.2. The van der Waals surface area contributed by atoms with E-state index in [0.29, 0.717) is 0 Å². The number of benzene rings is 3. The molecule has 0 aliphatic carbocycles. The van der Waals surface area contributed by atoms with E-state index in [2.05, 4.69) is 103 Å². The second-order valence-electron chi connectivity index (χ2n) is 5.51. The van der Waals surface area contributed by atoms with Crippen LogP contribution >= 0.6 is 7.53 Å². The van der Waals surface area contributed by atoms with Crippen LogP contribution in [-0.2, 0) is 0 Å². The molecule has 0 saturated carbocycles. The summed E-state index contributed by atoms with van der Waals surface area (Å²) in [4.78, 5) is 0. The van der Waals surface area contributed by atoms with Gasteiger partial charge in [-0.2, -0.15) is 0 Å². The van der Waals surface area contributed by atoms with Crippen molar-refractivity contribution in [1.82, 2.24) is 0 Å². The molecule has 23 heavy (non-hydrogen) atoms. The van der Waals surface area contributed by atoms with Gasteiger partial charge in [-0.15, -0.1) is 0 Å². The number of rotatable bonds is 3. The van der Waals surface area contributed by atoms with Crippen molar-refractivity contribution >= 4 is 7.53 Å². The Morgan fingerprint density at radius 3 is 1.22 bits per heavy atom. The zero-order valence-electron chi connectivity index (χ0n) is 12.8. The summed E-state index contributed by atoms with van der Waals surface area (Å²) in [5.74, 6) is 0. The second kappa shape index (κ2) is 6.28. The van der Waals surface area contributed by atoms with Crippen LogP contribution in [-0.4, -0.2) is 0 Å². The Hall–Kier alpha value is -2.56. The molecule has 0 aliphatic heterocycles. The lowest BCUT2D eigenvalue weighted by Crippen LogP contribution is -1.75. The van der Waals surface area contributed by atoms with Crippen molar-refractivity contribution < 1.29 is 0 Å². The van der Waals surface area contributed by atoms with Gasteiger partial charge in [-0.3, -0.25) is 0 Å². The lowest BCUT2D eigenvalue weighted by Gasteiger charge is -2.11. The SMILES string of the molecule is c1ccc(-c2ccc(-c3ccccc3)p2-c2ccccc2)cc1. The highest BCUT2D eigenvalue weighted by Crippen LogP contribution is 2.56. The number of hydrogen-bond donors (Lipinski definition) is 0. The maximum Gasteiger partial charge on any atom is 0.00622 e. The van der Waals surface area contributed by atoms with Crippen LogP contribution in [0.15, 0.2) is 103 Å². The van der Waals surface area contributed by atoms with E-state index in [9.17, 15) is 0 Å². The smallest absolute Gasteiger partial charge is 0.00622 e. The van der Waals surface area contributed by atoms with Crippen molar-refractivity contribution in [2.75, 3.05) is 0 Å². The summed E-state index contributed by atoms with van der Waals surface area (Å²) in [6.07, 6.45) is 0. The molecule has 1 heterocycles. The molecular weight excluding hydrogens is 295 g/mol. The molecule has 110 valence electrons. The van der Waals surface area contributed by atoms with E-state index in [-0.39, 0.29) is 0 Å². The Morgan fingerprint density at radius 1 is 0.391 bits per heavy atom. The van der Waals surface area contributed by atoms with E-state index >= 15 is 0 Å². The Balaban J connectivity index is 1.97. The van der Waals surface area contributed by atoms with Crippen LogP contribution in [0.5, 0.6) is 0 Å². The largest absolute Gasteiger partial charge is 0.0773 e. The minimum absolute atomic E-state index is 0.497. The molecule has 0 saturated heterocycles. The average Bonchev–Trinajstić information content (AvgIpc) is 3.09. The van der Waals surface area contributed by atoms with Crippen molar-refractivity contribution in [2.45, 2.75) is 0 Å². The van der Waals surface area contributed by atoms with Gasteiger partial charge in [0.25, 0.3) is 0 Å². The fraction of sp³-hybridized carbons (Fsp3) is 0. The van der Waals surface area contributed by atoms with Crippen molar-refractivity contribution in [1.29, 1.82) is 0 Å². The third-order valence-electron chi connectivity index (χ3n) is 4.03. The molecule has 1 aromatic heterocycles. The quantitative estimate of drug-likeness (QED) is 0.382. The van der Waals surface area contributed by atoms with Gasteiger partial charge in [0.15, 0.2) is 0 Å². The fourth-order valence-electron chi connectivity index (χ4n) is 2.96. The first-order chi connectivity index (χ1) is 11.4. The Morgan fingerprint density at radius 2 is 0.783 bits per heavy atom. The van der Waals surface area contributed by atoms with E-state index in [0.717, 1.165) is 0 Å². The normalized spacial score (nSPS) is 10.6. The second-order valence-corrected chi connectivity index (χ2v) is 7.66. The van der Waals surface area contributed by atoms with Crippen molar-refractivity contribution in [3.63, 3.8) is 0 Å². The highest BCUT2D eigenvalue weighted by atomic mass is 31.1. The van der Waals surface area contributed by atoms with E-state index in [1.54, 1.807) is 0 Å². The molecule has 0 amide bonds. The molecule has 0 unspecified atom stereocenters. The molecule has 0 spiro atoms. The molecule has 4 aromatic rings. The molecular formula is C22H17P. The summed E-state index contributed by atoms with van der Waals surface area (Å²) in [5, 5.41) is 4.28. The maximum absolute atomic E-state index is 2.30. The minimum atomic E-state index is -0.497. The predicted molar refractivity (Wildman–Crippen MR) is 101 cm³/mol. The first-order valence-electron chi connectivity index (χ1n) is 7.81. The molecule has 0 nitrogen and oxygen atoms in total. The van der Waals surface area contributed by atoms with Gasteiger partial charge in [-0.1, -0.05) is 98.5 Å². The van der Waals surface area contributed by atoms with Gasteiger partial charge in [-0.05, 0) is 28.6 Å². The van der Waals surface area contributed by atoms with Gasteiger partial charge in [0.1, 0.15) is 0 Å². The third-order valence-corrected chi connectivity index (χ3v) is 6.63. The summed E-state index contributed by atoms with van der Waals surface area (Å²) in [5.41, 5.74) is 2.65. The van der Waals surface area contributed by atoms with Gasteiger partial charge in [-0.25, -0.2) is 0 Å². The van der Waals surface area contributed by atoms with Crippen LogP contribution in [0.3, 0.4) is 0 Å². The van der Waals surface area contributed by atoms with Crippen molar-refractivity contribution in [3.8, 4) is 27.0 Å². The molecule has 0 N–H and O–H groups in total. The highest BCUT2D eigenvalue weighted by molar-refractivity contribution is 7.63. The summed E-state index contributed by atoms with van der Waals surface area (Å²) < 4.78 is 0. The maximum atomic E-state index is 2.30. The van der Waals surface area contributed by atoms with Gasteiger partial charge in [0.2, 0.25) is 0 Å². The third kappa shape index (κ3) is 2.74. The lowest BCUT2D eigenvalue weighted by molar-refractivity contribution is 1.69. The van der Waals surface area contributed by atoms with Crippen LogP contribution in [0.4, 0.5) is 0 Å². The minimum Gasteiger partial charge on any atom is -0.0773 e. The van der Waals surface area contributed by atoms with Gasteiger partial charge < -0.3 is 0 Å². The Kier molecular flexibility index (Phi) is 3.84. The van der Waals surface area contributed by atoms with E-state index in [4.69, 9.17) is 0 Å². The monoisotopic (exact) mass is 312 g/mol. The Bertz CT molecular complexity index is 834. The van der Waals surface area contributed by atoms with Gasteiger partial charge in [0.05, 0.1) is 0 Å². The van der Waals surface area contributed by atoms with Gasteiger partial charge in [0, 0.05) is 10.6 Å². The average molecular weight is 312 g/mol. The first-order valence-corrected chi connectivity index (χ1v) is 9.16. The first kappa shape index (κ1) is 14.1. The predicted octanol–water partition coefficient (Wildman–Crippen LogP) is 7.00. The summed E-state index contributed by atoms with van der Waals surface area (Å²) >= 11 is 0. The molecule has 4 rings (SSSR count). The van der Waals surface area contributed by atoms with Crippen LogP contribution < -0.4 is 0 Å². The molecule has 0 fully saturated rings. The molecule has 0 bridgehead atoms. The van der Waals surface area contributed by atoms with Crippen LogP contribution in [0.2, 0.25) is 0 Å². The standard InChI is InChI=1S/C22H17P/c1-4-10-18(11-5-1)21-16-17-22(19-12-6-2-7-13-19)23(21)20-14-8-3-9-15-20/h1-17H. The number of hydrogen-bond acceptors (Lipinski definition) is 0. The summed E-state index contributed by atoms with van der Waals surface area (Å²) in [6, 6.07) is 37.0. The summed E-state index contributed by atoms with van der Waals surface area (Å²) in [6.45, 7) is 0. The Labute approximate surface area is 138 Å². The molecule has 0 atom stereocenters. The molecule has 3 aromatic carbocycles. The van der Waals surface area contributed by atoms with Crippen molar-refractivity contribution in [3.05, 3.63) is 103 Å². The van der Waals surface area contributed by atoms with Crippen LogP contribution in [0.25, 0.3) is 27.0 Å². The fourth-order valence-corrected chi connectivity index (χ4v) is 5.51. The topological polar surface area (TPSA) is 0 Å². The zero-order valence-corrected chi connectivity index (χ0v) is 13.7.